The van der Waals surface area contributed by atoms with Crippen LogP contribution in [0.15, 0.2) is 47.5 Å². The molecular weight excluding hydrogens is 426 g/mol. The minimum absolute atomic E-state index is 0.259. The maximum absolute atomic E-state index is 12.2. The van der Waals surface area contributed by atoms with Gasteiger partial charge in [-0.2, -0.15) is 0 Å². The van der Waals surface area contributed by atoms with Gasteiger partial charge >= 0.3 is 0 Å². The summed E-state index contributed by atoms with van der Waals surface area (Å²) in [7, 11) is 1.84. The first kappa shape index (κ1) is 23.8. The van der Waals surface area contributed by atoms with E-state index in [9.17, 15) is 4.79 Å². The Morgan fingerprint density at radius 3 is 2.39 bits per heavy atom. The Labute approximate surface area is 195 Å². The van der Waals surface area contributed by atoms with Crippen molar-refractivity contribution in [1.82, 2.24) is 5.32 Å². The van der Waals surface area contributed by atoms with E-state index in [1.165, 1.54) is 29.0 Å². The van der Waals surface area contributed by atoms with Crippen LogP contribution in [0.3, 0.4) is 0 Å². The highest BCUT2D eigenvalue weighted by atomic mass is 35.5. The number of benzene rings is 2. The molecule has 6 heteroatoms. The zero-order chi connectivity index (χ0) is 22.3. The number of rotatable bonds is 3. The molecule has 166 valence electrons. The molecule has 2 aromatic carbocycles. The number of ketones is 1. The number of thioether (sulfide) groups is 1. The fourth-order valence-electron chi connectivity index (χ4n) is 4.17. The second-order valence-electron chi connectivity index (χ2n) is 8.05. The Morgan fingerprint density at radius 2 is 1.77 bits per heavy atom. The van der Waals surface area contributed by atoms with Crippen molar-refractivity contribution in [3.63, 3.8) is 0 Å². The van der Waals surface area contributed by atoms with Gasteiger partial charge in [-0.1, -0.05) is 66.2 Å². The van der Waals surface area contributed by atoms with Crippen molar-refractivity contribution in [3.8, 4) is 0 Å². The summed E-state index contributed by atoms with van der Waals surface area (Å²) in [6.07, 6.45) is 4.74. The van der Waals surface area contributed by atoms with E-state index in [1.807, 2.05) is 43.1 Å². The van der Waals surface area contributed by atoms with Crippen LogP contribution in [0.2, 0.25) is 5.02 Å². The van der Waals surface area contributed by atoms with Gasteiger partial charge in [0.15, 0.2) is 11.0 Å². The van der Waals surface area contributed by atoms with Crippen molar-refractivity contribution in [2.45, 2.75) is 51.5 Å². The normalized spacial score (nSPS) is 21.0. The lowest BCUT2D eigenvalue weighted by atomic mass is 9.75. The van der Waals surface area contributed by atoms with E-state index in [4.69, 9.17) is 11.6 Å². The van der Waals surface area contributed by atoms with Crippen molar-refractivity contribution in [2.24, 2.45) is 4.99 Å². The second kappa shape index (κ2) is 11.2. The molecule has 31 heavy (non-hydrogen) atoms. The van der Waals surface area contributed by atoms with Crippen LogP contribution >= 0.6 is 23.4 Å². The summed E-state index contributed by atoms with van der Waals surface area (Å²) < 4.78 is 0. The number of nitrogens with one attached hydrogen (secondary N) is 2. The van der Waals surface area contributed by atoms with Gasteiger partial charge in [0.1, 0.15) is 5.54 Å². The smallest absolute Gasteiger partial charge is 0.161 e. The zero-order valence-corrected chi connectivity index (χ0v) is 20.2. The van der Waals surface area contributed by atoms with E-state index in [1.54, 1.807) is 0 Å². The molecule has 4 rings (SSSR count). The highest BCUT2D eigenvalue weighted by Gasteiger charge is 2.41. The van der Waals surface area contributed by atoms with E-state index in [2.05, 4.69) is 47.7 Å². The predicted molar refractivity (Wildman–Crippen MR) is 135 cm³/mol. The number of halogens is 1. The largest absolute Gasteiger partial charge is 0.335 e. The molecule has 0 bridgehead atoms. The molecule has 4 nitrogen and oxygen atoms in total. The fourth-order valence-corrected chi connectivity index (χ4v) is 5.29. The van der Waals surface area contributed by atoms with E-state index >= 15 is 0 Å². The lowest BCUT2D eigenvalue weighted by Crippen LogP contribution is -2.49. The van der Waals surface area contributed by atoms with Crippen LogP contribution in [-0.2, 0) is 10.3 Å². The Kier molecular flexibility index (Phi) is 8.58. The number of aliphatic imine (C=N–C) groups is 1. The van der Waals surface area contributed by atoms with Gasteiger partial charge in [0.25, 0.3) is 0 Å². The van der Waals surface area contributed by atoms with Crippen LogP contribution in [0.4, 0.5) is 5.69 Å². The molecule has 1 aliphatic carbocycles. The Bertz CT molecular complexity index is 926. The van der Waals surface area contributed by atoms with Gasteiger partial charge in [0, 0.05) is 29.4 Å². The molecule has 1 atom stereocenters. The second-order valence-corrected chi connectivity index (χ2v) is 9.54. The number of anilines is 1. The minimum atomic E-state index is -0.559. The maximum atomic E-state index is 12.2. The standard InChI is InChI=1S/C13H16ClNO.C12H16N2S/c1-15-13(9-5-4-8-12(13)16)10-6-2-3-7-11(10)14;1-9-5-3-6-10(2)11(9)14-12-13-7-4-8-15-12/h2-3,6-7,15H,4-5,8-9H2,1H3;3,5-6H,4,7-8H2,1-2H3,(H,13,14)/t13-;/m1./s1. The third-order valence-corrected chi connectivity index (χ3v) is 7.28. The molecular formula is C25H32ClN3OS. The third-order valence-electron chi connectivity index (χ3n) is 5.95. The first-order valence-electron chi connectivity index (χ1n) is 11.0. The fraction of sp³-hybridized carbons (Fsp3) is 0.440. The van der Waals surface area contributed by atoms with Gasteiger partial charge in [-0.15, -0.1) is 0 Å². The van der Waals surface area contributed by atoms with Crippen LogP contribution < -0.4 is 10.6 Å². The Hall–Kier alpha value is -1.82. The number of nitrogens with zero attached hydrogens (tertiary/aromatic N) is 1. The zero-order valence-electron chi connectivity index (χ0n) is 18.6. The van der Waals surface area contributed by atoms with Gasteiger partial charge in [0.05, 0.1) is 0 Å². The molecule has 1 saturated carbocycles. The Balaban J connectivity index is 0.000000176. The number of amidine groups is 1. The summed E-state index contributed by atoms with van der Waals surface area (Å²) in [5, 5.41) is 8.36. The van der Waals surface area contributed by atoms with Crippen LogP contribution in [0.5, 0.6) is 0 Å². The first-order chi connectivity index (χ1) is 15.0. The predicted octanol–water partition coefficient (Wildman–Crippen LogP) is 6.11. The molecule has 0 radical (unpaired) electrons. The van der Waals surface area contributed by atoms with Crippen molar-refractivity contribution in [1.29, 1.82) is 0 Å². The molecule has 1 heterocycles. The summed E-state index contributed by atoms with van der Waals surface area (Å²) in [4.78, 5) is 16.7. The Morgan fingerprint density at radius 1 is 1.03 bits per heavy atom. The number of hydrogen-bond donors (Lipinski definition) is 2. The highest BCUT2D eigenvalue weighted by Crippen LogP contribution is 2.37. The van der Waals surface area contributed by atoms with Gasteiger partial charge in [0.2, 0.25) is 0 Å². The molecule has 2 aliphatic rings. The van der Waals surface area contributed by atoms with Crippen molar-refractivity contribution in [2.75, 3.05) is 24.7 Å². The molecule has 0 unspecified atom stereocenters. The molecule has 2 N–H and O–H groups in total. The van der Waals surface area contributed by atoms with Gasteiger partial charge < -0.3 is 10.6 Å². The summed E-state index contributed by atoms with van der Waals surface area (Å²) >= 11 is 8.01. The monoisotopic (exact) mass is 457 g/mol. The van der Waals surface area contributed by atoms with Crippen LogP contribution in [-0.4, -0.2) is 30.3 Å². The molecule has 0 saturated heterocycles. The highest BCUT2D eigenvalue weighted by molar-refractivity contribution is 8.14. The lowest BCUT2D eigenvalue weighted by molar-refractivity contribution is -0.127. The van der Waals surface area contributed by atoms with Crippen molar-refractivity contribution in [3.05, 3.63) is 64.2 Å². The topological polar surface area (TPSA) is 53.5 Å². The molecule has 1 fully saturated rings. The van der Waals surface area contributed by atoms with E-state index in [-0.39, 0.29) is 5.78 Å². The number of aryl methyl sites for hydroxylation is 2. The number of hydrogen-bond acceptors (Lipinski definition) is 5. The number of carbonyl (C=O) groups excluding carboxylic acids is 1. The minimum Gasteiger partial charge on any atom is -0.335 e. The molecule has 1 aliphatic heterocycles. The van der Waals surface area contributed by atoms with Crippen LogP contribution in [0, 0.1) is 13.8 Å². The molecule has 2 aromatic rings. The lowest BCUT2D eigenvalue weighted by Gasteiger charge is -2.36. The summed E-state index contributed by atoms with van der Waals surface area (Å²) in [5.41, 5.74) is 4.14. The number of para-hydroxylation sites is 1. The SMILES string of the molecule is CN[C@@]1(c2ccccc2Cl)CCCCC1=O.Cc1cccc(C)c1NC1=NCCCS1. The van der Waals surface area contributed by atoms with E-state index in [0.717, 1.165) is 36.5 Å². The summed E-state index contributed by atoms with van der Waals surface area (Å²) in [5.74, 6) is 1.44. The van der Waals surface area contributed by atoms with Crippen molar-refractivity contribution < 1.29 is 4.79 Å². The first-order valence-corrected chi connectivity index (χ1v) is 12.3. The average Bonchev–Trinajstić information content (AvgIpc) is 2.79. The molecule has 0 aromatic heterocycles. The third kappa shape index (κ3) is 5.71. The number of carbonyl (C=O) groups is 1. The summed E-state index contributed by atoms with van der Waals surface area (Å²) in [6.45, 7) is 5.22. The maximum Gasteiger partial charge on any atom is 0.161 e. The van der Waals surface area contributed by atoms with Gasteiger partial charge in [-0.25, -0.2) is 0 Å². The number of likely N-dealkylation sites (N-methyl/N-ethyl adjacent to an activating group) is 1. The molecule has 0 spiro atoms. The van der Waals surface area contributed by atoms with Gasteiger partial charge in [-0.05, 0) is 62.9 Å². The van der Waals surface area contributed by atoms with Crippen LogP contribution in [0.1, 0.15) is 48.8 Å². The quantitative estimate of drug-likeness (QED) is 0.584. The van der Waals surface area contributed by atoms with E-state index < -0.39 is 5.54 Å². The van der Waals surface area contributed by atoms with Crippen LogP contribution in [0.25, 0.3) is 0 Å². The number of Topliss-reactive ketones (excluding diaryl/α,β-unsaturated/α-hetero) is 1. The molecule has 0 amide bonds. The summed E-state index contributed by atoms with van der Waals surface area (Å²) in [6, 6.07) is 14.0. The van der Waals surface area contributed by atoms with Gasteiger partial charge in [-0.3, -0.25) is 9.79 Å². The van der Waals surface area contributed by atoms with E-state index in [0.29, 0.717) is 11.4 Å². The van der Waals surface area contributed by atoms with Crippen molar-refractivity contribution >= 4 is 40.0 Å². The average molecular weight is 458 g/mol.